The van der Waals surface area contributed by atoms with Crippen LogP contribution in [-0.4, -0.2) is 54.2 Å². The molecule has 0 radical (unpaired) electrons. The monoisotopic (exact) mass is 272 g/mol. The highest BCUT2D eigenvalue weighted by molar-refractivity contribution is 5.81. The fourth-order valence-corrected chi connectivity index (χ4v) is 2.15. The molecule has 2 amide bonds. The number of nitrogens with one attached hydrogen (secondary N) is 1. The lowest BCUT2D eigenvalue weighted by Gasteiger charge is -2.22. The van der Waals surface area contributed by atoms with E-state index < -0.39 is 11.9 Å². The molecule has 7 heteroatoms. The second-order valence-electron chi connectivity index (χ2n) is 4.58. The van der Waals surface area contributed by atoms with Gasteiger partial charge in [0, 0.05) is 12.6 Å². The second kappa shape index (κ2) is 6.96. The molecule has 7 nitrogen and oxygen atoms in total. The van der Waals surface area contributed by atoms with Crippen molar-refractivity contribution in [3.05, 3.63) is 0 Å². The smallest absolute Gasteiger partial charge is 0.325 e. The number of carboxylic acid groups (broad SMARTS) is 1. The maximum Gasteiger partial charge on any atom is 0.325 e. The van der Waals surface area contributed by atoms with E-state index >= 15 is 0 Å². The number of hydrogen-bond donors (Lipinski definition) is 2. The van der Waals surface area contributed by atoms with Crippen molar-refractivity contribution >= 4 is 18.0 Å². The molecule has 2 N–H and O–H groups in total. The van der Waals surface area contributed by atoms with E-state index in [2.05, 4.69) is 10.1 Å². The van der Waals surface area contributed by atoms with Gasteiger partial charge in [-0.05, 0) is 26.2 Å². The number of urea groups is 1. The van der Waals surface area contributed by atoms with E-state index in [4.69, 9.17) is 5.11 Å². The highest BCUT2D eigenvalue weighted by Crippen LogP contribution is 2.25. The highest BCUT2D eigenvalue weighted by Gasteiger charge is 2.31. The summed E-state index contributed by atoms with van der Waals surface area (Å²) in [5, 5.41) is 11.6. The molecule has 1 rings (SSSR count). The quantitative estimate of drug-likeness (QED) is 0.708. The predicted molar refractivity (Wildman–Crippen MR) is 66.6 cm³/mol. The Labute approximate surface area is 111 Å². The first-order chi connectivity index (χ1) is 8.97. The number of methoxy groups -OCH3 is 1. The molecule has 0 aromatic rings. The lowest BCUT2D eigenvalue weighted by atomic mass is 10.1. The number of aliphatic carboxylic acids is 1. The number of amides is 2. The van der Waals surface area contributed by atoms with E-state index in [9.17, 15) is 14.4 Å². The molecule has 19 heavy (non-hydrogen) atoms. The Morgan fingerprint density at radius 3 is 2.53 bits per heavy atom. The summed E-state index contributed by atoms with van der Waals surface area (Å²) in [6.45, 7) is 2.04. The van der Waals surface area contributed by atoms with Crippen molar-refractivity contribution in [1.29, 1.82) is 0 Å². The average molecular weight is 272 g/mol. The molecule has 0 aliphatic heterocycles. The predicted octanol–water partition coefficient (Wildman–Crippen LogP) is 0.444. The van der Waals surface area contributed by atoms with E-state index in [-0.39, 0.29) is 24.5 Å². The fourth-order valence-electron chi connectivity index (χ4n) is 2.15. The van der Waals surface area contributed by atoms with Crippen LogP contribution in [-0.2, 0) is 14.3 Å². The average Bonchev–Trinajstić information content (AvgIpc) is 2.84. The Kier molecular flexibility index (Phi) is 5.59. The number of nitrogens with zero attached hydrogens (tertiary/aromatic N) is 1. The van der Waals surface area contributed by atoms with Crippen LogP contribution in [0, 0.1) is 5.92 Å². The number of esters is 1. The van der Waals surface area contributed by atoms with E-state index in [1.54, 1.807) is 6.92 Å². The van der Waals surface area contributed by atoms with E-state index in [1.807, 2.05) is 0 Å². The zero-order chi connectivity index (χ0) is 14.4. The molecule has 0 aromatic carbocycles. The zero-order valence-electron chi connectivity index (χ0n) is 11.2. The molecule has 0 aromatic heterocycles. The van der Waals surface area contributed by atoms with Crippen LogP contribution in [0.5, 0.6) is 0 Å². The van der Waals surface area contributed by atoms with Gasteiger partial charge in [0.25, 0.3) is 0 Å². The Bertz CT molecular complexity index is 358. The van der Waals surface area contributed by atoms with E-state index in [0.29, 0.717) is 25.8 Å². The number of carboxylic acids is 1. The van der Waals surface area contributed by atoms with Crippen LogP contribution in [0.1, 0.15) is 26.2 Å². The summed E-state index contributed by atoms with van der Waals surface area (Å²) in [5.74, 6) is -1.69. The minimum absolute atomic E-state index is 0.103. The Morgan fingerprint density at radius 1 is 1.37 bits per heavy atom. The summed E-state index contributed by atoms with van der Waals surface area (Å²) >= 11 is 0. The topological polar surface area (TPSA) is 95.9 Å². The number of carbonyl (C=O) groups excluding carboxylic acids is 2. The SMILES string of the molecule is CCN(CC(=O)OC)C(=O)N[C@H]1CC[C@@H](C(=O)O)C1. The van der Waals surface area contributed by atoms with Crippen molar-refractivity contribution in [3.63, 3.8) is 0 Å². The molecule has 1 fully saturated rings. The van der Waals surface area contributed by atoms with Gasteiger partial charge in [-0.3, -0.25) is 9.59 Å². The Balaban J connectivity index is 2.45. The van der Waals surface area contributed by atoms with Gasteiger partial charge in [0.1, 0.15) is 6.54 Å². The fraction of sp³-hybridized carbons (Fsp3) is 0.750. The molecule has 2 atom stereocenters. The molecule has 1 aliphatic rings. The largest absolute Gasteiger partial charge is 0.481 e. The number of ether oxygens (including phenoxy) is 1. The maximum atomic E-state index is 11.9. The van der Waals surface area contributed by atoms with Crippen LogP contribution in [0.25, 0.3) is 0 Å². The lowest BCUT2D eigenvalue weighted by Crippen LogP contribution is -2.46. The van der Waals surface area contributed by atoms with Gasteiger partial charge in [-0.2, -0.15) is 0 Å². The number of hydrogen-bond acceptors (Lipinski definition) is 4. The van der Waals surface area contributed by atoms with E-state index in [0.717, 1.165) is 0 Å². The summed E-state index contributed by atoms with van der Waals surface area (Å²) in [4.78, 5) is 35.2. The first-order valence-electron chi connectivity index (χ1n) is 6.33. The molecule has 0 saturated heterocycles. The van der Waals surface area contributed by atoms with Crippen molar-refractivity contribution in [2.45, 2.75) is 32.2 Å². The highest BCUT2D eigenvalue weighted by atomic mass is 16.5. The summed E-state index contributed by atoms with van der Waals surface area (Å²) in [6, 6.07) is -0.496. The third kappa shape index (κ3) is 4.42. The van der Waals surface area contributed by atoms with E-state index in [1.165, 1.54) is 12.0 Å². The van der Waals surface area contributed by atoms with Crippen LogP contribution in [0.15, 0.2) is 0 Å². The van der Waals surface area contributed by atoms with Gasteiger partial charge >= 0.3 is 18.0 Å². The maximum absolute atomic E-state index is 11.9. The second-order valence-corrected chi connectivity index (χ2v) is 4.58. The molecule has 0 spiro atoms. The summed E-state index contributed by atoms with van der Waals surface area (Å²) < 4.78 is 4.51. The van der Waals surface area contributed by atoms with Gasteiger partial charge < -0.3 is 20.1 Å². The van der Waals surface area contributed by atoms with Crippen LogP contribution < -0.4 is 5.32 Å². The first kappa shape index (κ1) is 15.3. The van der Waals surface area contributed by atoms with Crippen molar-refractivity contribution in [3.8, 4) is 0 Å². The molecule has 0 bridgehead atoms. The van der Waals surface area contributed by atoms with Crippen LogP contribution in [0.3, 0.4) is 0 Å². The van der Waals surface area contributed by atoms with Gasteiger partial charge in [0.05, 0.1) is 13.0 Å². The molecule has 1 saturated carbocycles. The van der Waals surface area contributed by atoms with Gasteiger partial charge in [-0.25, -0.2) is 4.79 Å². The van der Waals surface area contributed by atoms with Crippen molar-refractivity contribution in [1.82, 2.24) is 10.2 Å². The molecule has 0 unspecified atom stereocenters. The molecular formula is C12H20N2O5. The third-order valence-corrected chi connectivity index (χ3v) is 3.33. The summed E-state index contributed by atoms with van der Waals surface area (Å²) in [5.41, 5.74) is 0. The van der Waals surface area contributed by atoms with Crippen LogP contribution in [0.4, 0.5) is 4.79 Å². The van der Waals surface area contributed by atoms with Gasteiger partial charge in [-0.15, -0.1) is 0 Å². The molecular weight excluding hydrogens is 252 g/mol. The van der Waals surface area contributed by atoms with Crippen LogP contribution in [0.2, 0.25) is 0 Å². The normalized spacial score (nSPS) is 21.8. The molecule has 0 heterocycles. The van der Waals surface area contributed by atoms with Crippen molar-refractivity contribution in [2.75, 3.05) is 20.2 Å². The number of carbonyl (C=O) groups is 3. The van der Waals surface area contributed by atoms with Gasteiger partial charge in [-0.1, -0.05) is 0 Å². The number of rotatable bonds is 5. The van der Waals surface area contributed by atoms with Gasteiger partial charge in [0.2, 0.25) is 0 Å². The Morgan fingerprint density at radius 2 is 2.05 bits per heavy atom. The molecule has 108 valence electrons. The minimum atomic E-state index is -0.821. The van der Waals surface area contributed by atoms with Gasteiger partial charge in [0.15, 0.2) is 0 Å². The summed E-state index contributed by atoms with van der Waals surface area (Å²) in [7, 11) is 1.27. The van der Waals surface area contributed by atoms with Crippen molar-refractivity contribution < 1.29 is 24.2 Å². The summed E-state index contributed by atoms with van der Waals surface area (Å²) in [6.07, 6.45) is 1.67. The zero-order valence-corrected chi connectivity index (χ0v) is 11.2. The lowest BCUT2D eigenvalue weighted by molar-refractivity contribution is -0.142. The Hall–Kier alpha value is -1.79. The molecule has 1 aliphatic carbocycles. The van der Waals surface area contributed by atoms with Crippen molar-refractivity contribution in [2.24, 2.45) is 5.92 Å². The third-order valence-electron chi connectivity index (χ3n) is 3.33. The standard InChI is InChI=1S/C12H20N2O5/c1-3-14(7-10(15)19-2)12(18)13-9-5-4-8(6-9)11(16)17/h8-9H,3-7H2,1-2H3,(H,13,18)(H,16,17)/t8-,9+/m1/s1. The number of likely N-dealkylation sites (N-methyl/N-ethyl adjacent to an activating group) is 1. The first-order valence-corrected chi connectivity index (χ1v) is 6.33. The minimum Gasteiger partial charge on any atom is -0.481 e. The van der Waals surface area contributed by atoms with Crippen LogP contribution >= 0.6 is 0 Å².